The van der Waals surface area contributed by atoms with E-state index in [1.807, 2.05) is 0 Å². The summed E-state index contributed by atoms with van der Waals surface area (Å²) in [5.74, 6) is 0. The van der Waals surface area contributed by atoms with Gasteiger partial charge in [0.25, 0.3) is 0 Å². The normalized spacial score (nSPS) is 20.5. The highest BCUT2D eigenvalue weighted by molar-refractivity contribution is 5.83. The van der Waals surface area contributed by atoms with Gasteiger partial charge in [-0.05, 0) is 18.9 Å². The summed E-state index contributed by atoms with van der Waals surface area (Å²) in [6, 6.07) is 11.1. The van der Waals surface area contributed by atoms with Crippen LogP contribution < -0.4 is 0 Å². The first-order chi connectivity index (χ1) is 7.31. The Hall–Kier alpha value is -1.31. The summed E-state index contributed by atoms with van der Waals surface area (Å²) in [6.07, 6.45) is 2.23. The molecular weight excluding hydrogens is 184 g/mol. The SMILES string of the molecule is CCCN1N=C(C)CC1c1ccccc1. The van der Waals surface area contributed by atoms with Gasteiger partial charge in [0.05, 0.1) is 6.04 Å². The van der Waals surface area contributed by atoms with Gasteiger partial charge in [-0.3, -0.25) is 5.01 Å². The molecule has 0 saturated heterocycles. The number of nitrogens with zero attached hydrogens (tertiary/aromatic N) is 2. The topological polar surface area (TPSA) is 15.6 Å². The molecule has 2 nitrogen and oxygen atoms in total. The van der Waals surface area contributed by atoms with Crippen LogP contribution in [0, 0.1) is 0 Å². The number of hydrogen-bond acceptors (Lipinski definition) is 2. The van der Waals surface area contributed by atoms with E-state index in [0.717, 1.165) is 19.4 Å². The largest absolute Gasteiger partial charge is 0.289 e. The maximum atomic E-state index is 4.59. The molecule has 0 N–H and O–H groups in total. The van der Waals surface area contributed by atoms with E-state index in [4.69, 9.17) is 0 Å². The van der Waals surface area contributed by atoms with Crippen LogP contribution >= 0.6 is 0 Å². The Bertz CT molecular complexity index is 343. The predicted molar refractivity (Wildman–Crippen MR) is 63.9 cm³/mol. The van der Waals surface area contributed by atoms with Crippen molar-refractivity contribution in [2.75, 3.05) is 6.54 Å². The molecular formula is C13H18N2. The lowest BCUT2D eigenvalue weighted by Crippen LogP contribution is -2.20. The highest BCUT2D eigenvalue weighted by Gasteiger charge is 2.24. The van der Waals surface area contributed by atoms with Crippen LogP contribution in [0.3, 0.4) is 0 Å². The minimum Gasteiger partial charge on any atom is -0.289 e. The Morgan fingerprint density at radius 3 is 2.73 bits per heavy atom. The zero-order chi connectivity index (χ0) is 10.7. The lowest BCUT2D eigenvalue weighted by molar-refractivity contribution is 0.234. The van der Waals surface area contributed by atoms with E-state index < -0.39 is 0 Å². The molecule has 2 rings (SSSR count). The lowest BCUT2D eigenvalue weighted by Gasteiger charge is -2.23. The second-order valence-corrected chi connectivity index (χ2v) is 4.13. The molecule has 0 aromatic heterocycles. The minimum atomic E-state index is 0.464. The van der Waals surface area contributed by atoms with Crippen LogP contribution in [-0.2, 0) is 0 Å². The molecule has 1 aromatic carbocycles. The molecule has 80 valence electrons. The van der Waals surface area contributed by atoms with Crippen LogP contribution in [0.4, 0.5) is 0 Å². The molecule has 0 radical (unpaired) electrons. The number of benzene rings is 1. The van der Waals surface area contributed by atoms with Crippen LogP contribution in [0.25, 0.3) is 0 Å². The Morgan fingerprint density at radius 1 is 1.33 bits per heavy atom. The average Bonchev–Trinajstić information content (AvgIpc) is 2.62. The Kier molecular flexibility index (Phi) is 3.05. The van der Waals surface area contributed by atoms with Gasteiger partial charge >= 0.3 is 0 Å². The second kappa shape index (κ2) is 4.47. The maximum absolute atomic E-state index is 4.59. The van der Waals surface area contributed by atoms with Crippen molar-refractivity contribution < 1.29 is 0 Å². The Labute approximate surface area is 91.6 Å². The molecule has 1 aliphatic heterocycles. The van der Waals surface area contributed by atoms with E-state index in [-0.39, 0.29) is 0 Å². The Balaban J connectivity index is 2.16. The molecule has 1 heterocycles. The van der Waals surface area contributed by atoms with E-state index >= 15 is 0 Å². The highest BCUT2D eigenvalue weighted by atomic mass is 15.5. The van der Waals surface area contributed by atoms with Crippen LogP contribution in [0.5, 0.6) is 0 Å². The van der Waals surface area contributed by atoms with Crippen molar-refractivity contribution in [3.63, 3.8) is 0 Å². The first-order valence-electron chi connectivity index (χ1n) is 5.67. The molecule has 1 aromatic rings. The summed E-state index contributed by atoms with van der Waals surface area (Å²) in [6.45, 7) is 5.37. The fourth-order valence-electron chi connectivity index (χ4n) is 2.12. The number of hydrazone groups is 1. The third-order valence-electron chi connectivity index (χ3n) is 2.78. The summed E-state index contributed by atoms with van der Waals surface area (Å²) in [4.78, 5) is 0. The summed E-state index contributed by atoms with van der Waals surface area (Å²) in [5, 5.41) is 6.81. The molecule has 1 unspecified atom stereocenters. The van der Waals surface area contributed by atoms with Gasteiger partial charge in [0, 0.05) is 18.7 Å². The van der Waals surface area contributed by atoms with Gasteiger partial charge in [0.1, 0.15) is 0 Å². The summed E-state index contributed by atoms with van der Waals surface area (Å²) in [5.41, 5.74) is 2.63. The second-order valence-electron chi connectivity index (χ2n) is 4.13. The van der Waals surface area contributed by atoms with Crippen molar-refractivity contribution in [3.05, 3.63) is 35.9 Å². The molecule has 0 spiro atoms. The van der Waals surface area contributed by atoms with E-state index in [1.165, 1.54) is 11.3 Å². The van der Waals surface area contributed by atoms with Crippen LogP contribution in [0.15, 0.2) is 35.4 Å². The fourth-order valence-corrected chi connectivity index (χ4v) is 2.12. The van der Waals surface area contributed by atoms with Gasteiger partial charge in [-0.15, -0.1) is 0 Å². The van der Waals surface area contributed by atoms with E-state index in [2.05, 4.69) is 54.3 Å². The van der Waals surface area contributed by atoms with Crippen molar-refractivity contribution >= 4 is 5.71 Å². The molecule has 0 aliphatic carbocycles. The van der Waals surface area contributed by atoms with Crippen molar-refractivity contribution in [2.24, 2.45) is 5.10 Å². The zero-order valence-corrected chi connectivity index (χ0v) is 9.48. The molecule has 1 aliphatic rings. The van der Waals surface area contributed by atoms with Crippen molar-refractivity contribution in [1.82, 2.24) is 5.01 Å². The first kappa shape index (κ1) is 10.2. The fraction of sp³-hybridized carbons (Fsp3) is 0.462. The van der Waals surface area contributed by atoms with Gasteiger partial charge in [-0.1, -0.05) is 37.3 Å². The van der Waals surface area contributed by atoms with Gasteiger partial charge in [-0.2, -0.15) is 5.10 Å². The van der Waals surface area contributed by atoms with Gasteiger partial charge in [-0.25, -0.2) is 0 Å². The monoisotopic (exact) mass is 202 g/mol. The van der Waals surface area contributed by atoms with Gasteiger partial charge < -0.3 is 0 Å². The smallest absolute Gasteiger partial charge is 0.0772 e. The maximum Gasteiger partial charge on any atom is 0.0772 e. The predicted octanol–water partition coefficient (Wildman–Crippen LogP) is 3.22. The quantitative estimate of drug-likeness (QED) is 0.734. The first-order valence-corrected chi connectivity index (χ1v) is 5.67. The van der Waals surface area contributed by atoms with E-state index in [1.54, 1.807) is 0 Å². The highest BCUT2D eigenvalue weighted by Crippen LogP contribution is 2.30. The van der Waals surface area contributed by atoms with Crippen LogP contribution in [0.1, 0.15) is 38.3 Å². The lowest BCUT2D eigenvalue weighted by atomic mass is 10.0. The minimum absolute atomic E-state index is 0.464. The van der Waals surface area contributed by atoms with Crippen LogP contribution in [0.2, 0.25) is 0 Å². The van der Waals surface area contributed by atoms with Crippen molar-refractivity contribution in [2.45, 2.75) is 32.7 Å². The molecule has 0 saturated carbocycles. The van der Waals surface area contributed by atoms with Gasteiger partial charge in [0.15, 0.2) is 0 Å². The molecule has 2 heteroatoms. The number of hydrogen-bond donors (Lipinski definition) is 0. The van der Waals surface area contributed by atoms with Crippen LogP contribution in [-0.4, -0.2) is 17.3 Å². The van der Waals surface area contributed by atoms with Crippen molar-refractivity contribution in [1.29, 1.82) is 0 Å². The molecule has 0 bridgehead atoms. The van der Waals surface area contributed by atoms with E-state index in [0.29, 0.717) is 6.04 Å². The summed E-state index contributed by atoms with van der Waals surface area (Å²) < 4.78 is 0. The third kappa shape index (κ3) is 2.20. The summed E-state index contributed by atoms with van der Waals surface area (Å²) >= 11 is 0. The molecule has 0 fully saturated rings. The molecule has 0 amide bonds. The third-order valence-corrected chi connectivity index (χ3v) is 2.78. The van der Waals surface area contributed by atoms with E-state index in [9.17, 15) is 0 Å². The zero-order valence-electron chi connectivity index (χ0n) is 9.48. The molecule has 1 atom stereocenters. The summed E-state index contributed by atoms with van der Waals surface area (Å²) in [7, 11) is 0. The molecule has 15 heavy (non-hydrogen) atoms. The van der Waals surface area contributed by atoms with Crippen molar-refractivity contribution in [3.8, 4) is 0 Å². The average molecular weight is 202 g/mol. The standard InChI is InChI=1S/C13H18N2/c1-3-9-15-13(10-11(2)14-15)12-7-5-4-6-8-12/h4-8,13H,3,9-10H2,1-2H3. The van der Waals surface area contributed by atoms with Gasteiger partial charge in [0.2, 0.25) is 0 Å². The number of rotatable bonds is 3. The Morgan fingerprint density at radius 2 is 2.07 bits per heavy atom.